The van der Waals surface area contributed by atoms with Gasteiger partial charge in [0.15, 0.2) is 0 Å². The fourth-order valence-corrected chi connectivity index (χ4v) is 5.15. The van der Waals surface area contributed by atoms with Crippen LogP contribution in [0.2, 0.25) is 0 Å². The molecule has 7 nitrogen and oxygen atoms in total. The van der Waals surface area contributed by atoms with Crippen LogP contribution < -0.4 is 5.32 Å². The second kappa shape index (κ2) is 8.64. The Morgan fingerprint density at radius 3 is 2.52 bits per heavy atom. The monoisotopic (exact) mass is 438 g/mol. The Labute approximate surface area is 182 Å². The van der Waals surface area contributed by atoms with Crippen LogP contribution in [-0.4, -0.2) is 35.0 Å². The molecule has 0 bridgehead atoms. The van der Waals surface area contributed by atoms with E-state index in [9.17, 15) is 13.2 Å². The molecule has 1 N–H and O–H groups in total. The normalized spacial score (nSPS) is 15.3. The third kappa shape index (κ3) is 4.26. The van der Waals surface area contributed by atoms with Gasteiger partial charge in [-0.3, -0.25) is 4.79 Å². The number of rotatable bonds is 6. The SMILES string of the molecule is CC[C@H](C)n1nccc1NC(=O)c1ccc(S(=O)(=O)N2CCc3ccccc3C2)cc1. The van der Waals surface area contributed by atoms with E-state index < -0.39 is 10.0 Å². The molecule has 0 unspecified atom stereocenters. The molecule has 0 saturated heterocycles. The van der Waals surface area contributed by atoms with Crippen LogP contribution in [0.25, 0.3) is 0 Å². The summed E-state index contributed by atoms with van der Waals surface area (Å²) in [6.45, 7) is 4.89. The number of sulfonamides is 1. The number of nitrogens with one attached hydrogen (secondary N) is 1. The molecule has 1 aliphatic heterocycles. The van der Waals surface area contributed by atoms with Crippen molar-refractivity contribution in [2.45, 2.75) is 44.2 Å². The number of benzene rings is 2. The fourth-order valence-electron chi connectivity index (χ4n) is 3.73. The molecule has 0 aliphatic carbocycles. The van der Waals surface area contributed by atoms with E-state index in [0.29, 0.717) is 30.9 Å². The minimum absolute atomic E-state index is 0.160. The van der Waals surface area contributed by atoms with Gasteiger partial charge < -0.3 is 5.32 Å². The van der Waals surface area contributed by atoms with Gasteiger partial charge in [-0.2, -0.15) is 9.40 Å². The lowest BCUT2D eigenvalue weighted by Crippen LogP contribution is -2.35. The predicted octanol–water partition coefficient (Wildman–Crippen LogP) is 3.85. The van der Waals surface area contributed by atoms with Gasteiger partial charge in [0.25, 0.3) is 5.91 Å². The van der Waals surface area contributed by atoms with Crippen molar-refractivity contribution in [3.05, 3.63) is 77.5 Å². The van der Waals surface area contributed by atoms with Crippen molar-refractivity contribution >= 4 is 21.7 Å². The van der Waals surface area contributed by atoms with Crippen molar-refractivity contribution in [2.75, 3.05) is 11.9 Å². The molecule has 0 spiro atoms. The average molecular weight is 439 g/mol. The van der Waals surface area contributed by atoms with Crippen LogP contribution in [0, 0.1) is 0 Å². The number of aromatic nitrogens is 2. The molecular weight excluding hydrogens is 412 g/mol. The Morgan fingerprint density at radius 1 is 1.10 bits per heavy atom. The van der Waals surface area contributed by atoms with Gasteiger partial charge in [0, 0.05) is 24.7 Å². The largest absolute Gasteiger partial charge is 0.307 e. The first-order valence-electron chi connectivity index (χ1n) is 10.4. The molecule has 0 fully saturated rings. The van der Waals surface area contributed by atoms with Crippen molar-refractivity contribution in [1.29, 1.82) is 0 Å². The zero-order valence-corrected chi connectivity index (χ0v) is 18.5. The number of anilines is 1. The third-order valence-electron chi connectivity index (χ3n) is 5.77. The second-order valence-electron chi connectivity index (χ2n) is 7.75. The van der Waals surface area contributed by atoms with Crippen LogP contribution in [0.15, 0.2) is 65.7 Å². The van der Waals surface area contributed by atoms with Crippen LogP contribution in [0.4, 0.5) is 5.82 Å². The predicted molar refractivity (Wildman–Crippen MR) is 119 cm³/mol. The Hall–Kier alpha value is -2.97. The number of hydrogen-bond acceptors (Lipinski definition) is 4. The van der Waals surface area contributed by atoms with Crippen molar-refractivity contribution < 1.29 is 13.2 Å². The average Bonchev–Trinajstić information content (AvgIpc) is 3.26. The molecule has 31 heavy (non-hydrogen) atoms. The van der Waals surface area contributed by atoms with Crippen LogP contribution in [0.3, 0.4) is 0 Å². The van der Waals surface area contributed by atoms with Gasteiger partial charge in [-0.25, -0.2) is 13.1 Å². The van der Waals surface area contributed by atoms with Crippen molar-refractivity contribution in [3.63, 3.8) is 0 Å². The summed E-state index contributed by atoms with van der Waals surface area (Å²) in [5, 5.41) is 7.12. The van der Waals surface area contributed by atoms with Gasteiger partial charge in [0.05, 0.1) is 17.1 Å². The summed E-state index contributed by atoms with van der Waals surface area (Å²) in [6, 6.07) is 15.9. The number of nitrogens with zero attached hydrogens (tertiary/aromatic N) is 3. The van der Waals surface area contributed by atoms with Crippen LogP contribution in [-0.2, 0) is 23.0 Å². The lowest BCUT2D eigenvalue weighted by atomic mass is 10.0. The lowest BCUT2D eigenvalue weighted by molar-refractivity contribution is 0.102. The molecule has 2 aromatic carbocycles. The third-order valence-corrected chi connectivity index (χ3v) is 7.63. The van der Waals surface area contributed by atoms with E-state index in [4.69, 9.17) is 0 Å². The summed E-state index contributed by atoms with van der Waals surface area (Å²) in [5.74, 6) is 0.309. The molecule has 1 amide bonds. The van der Waals surface area contributed by atoms with E-state index in [-0.39, 0.29) is 16.8 Å². The van der Waals surface area contributed by atoms with Crippen LogP contribution in [0.5, 0.6) is 0 Å². The Bertz CT molecular complexity index is 1190. The number of fused-ring (bicyclic) bond motifs is 1. The highest BCUT2D eigenvalue weighted by molar-refractivity contribution is 7.89. The molecule has 2 heterocycles. The van der Waals surface area contributed by atoms with Crippen LogP contribution >= 0.6 is 0 Å². The van der Waals surface area contributed by atoms with Gasteiger partial charge in [0.1, 0.15) is 5.82 Å². The van der Waals surface area contributed by atoms with E-state index in [0.717, 1.165) is 12.0 Å². The summed E-state index contributed by atoms with van der Waals surface area (Å²) < 4.78 is 29.5. The summed E-state index contributed by atoms with van der Waals surface area (Å²) in [6.07, 6.45) is 3.23. The number of amides is 1. The van der Waals surface area contributed by atoms with Gasteiger partial charge >= 0.3 is 0 Å². The Morgan fingerprint density at radius 2 is 1.81 bits per heavy atom. The molecule has 0 saturated carbocycles. The number of hydrogen-bond donors (Lipinski definition) is 1. The van der Waals surface area contributed by atoms with Gasteiger partial charge in [-0.15, -0.1) is 0 Å². The zero-order chi connectivity index (χ0) is 22.0. The van der Waals surface area contributed by atoms with Gasteiger partial charge in [-0.1, -0.05) is 31.2 Å². The first kappa shape index (κ1) is 21.3. The first-order valence-corrected chi connectivity index (χ1v) is 11.9. The molecule has 4 rings (SSSR count). The van der Waals surface area contributed by atoms with Crippen molar-refractivity contribution in [3.8, 4) is 0 Å². The molecule has 1 aromatic heterocycles. The van der Waals surface area contributed by atoms with Crippen molar-refractivity contribution in [1.82, 2.24) is 14.1 Å². The highest BCUT2D eigenvalue weighted by Crippen LogP contribution is 2.25. The quantitative estimate of drug-likeness (QED) is 0.633. The Kier molecular flexibility index (Phi) is 5.93. The summed E-state index contributed by atoms with van der Waals surface area (Å²) in [5.41, 5.74) is 2.61. The molecule has 3 aromatic rings. The standard InChI is InChI=1S/C23H26N4O3S/c1-3-17(2)27-22(12-14-24-27)25-23(28)19-8-10-21(11-9-19)31(29,30)26-15-13-18-6-4-5-7-20(18)16-26/h4-12,14,17H,3,13,15-16H2,1-2H3,(H,25,28)/t17-/m0/s1. The second-order valence-corrected chi connectivity index (χ2v) is 9.69. The maximum absolute atomic E-state index is 13.1. The fraction of sp³-hybridized carbons (Fsp3) is 0.304. The van der Waals surface area contributed by atoms with E-state index in [1.807, 2.05) is 31.2 Å². The van der Waals surface area contributed by atoms with Crippen LogP contribution in [0.1, 0.15) is 47.8 Å². The van der Waals surface area contributed by atoms with E-state index in [1.165, 1.54) is 22.0 Å². The zero-order valence-electron chi connectivity index (χ0n) is 17.7. The molecule has 1 atom stereocenters. The number of carbonyl (C=O) groups is 1. The van der Waals surface area contributed by atoms with E-state index in [2.05, 4.69) is 17.3 Å². The van der Waals surface area contributed by atoms with Gasteiger partial charge in [0.2, 0.25) is 10.0 Å². The number of carbonyl (C=O) groups excluding carboxylic acids is 1. The highest BCUT2D eigenvalue weighted by atomic mass is 32.2. The summed E-state index contributed by atoms with van der Waals surface area (Å²) >= 11 is 0. The smallest absolute Gasteiger partial charge is 0.256 e. The Balaban J connectivity index is 1.49. The maximum Gasteiger partial charge on any atom is 0.256 e. The first-order chi connectivity index (χ1) is 14.9. The van der Waals surface area contributed by atoms with Crippen molar-refractivity contribution in [2.24, 2.45) is 0 Å². The molecule has 8 heteroatoms. The molecule has 0 radical (unpaired) electrons. The molecular formula is C23H26N4O3S. The summed E-state index contributed by atoms with van der Waals surface area (Å²) in [4.78, 5) is 12.9. The van der Waals surface area contributed by atoms with Gasteiger partial charge in [-0.05, 0) is 55.2 Å². The minimum Gasteiger partial charge on any atom is -0.307 e. The topological polar surface area (TPSA) is 84.3 Å². The lowest BCUT2D eigenvalue weighted by Gasteiger charge is -2.28. The minimum atomic E-state index is -3.63. The maximum atomic E-state index is 13.1. The van der Waals surface area contributed by atoms with E-state index in [1.54, 1.807) is 29.1 Å². The highest BCUT2D eigenvalue weighted by Gasteiger charge is 2.28. The van der Waals surface area contributed by atoms with E-state index >= 15 is 0 Å². The summed E-state index contributed by atoms with van der Waals surface area (Å²) in [7, 11) is -3.63. The molecule has 162 valence electrons. The molecule has 1 aliphatic rings.